The molecule has 0 amide bonds. The highest BCUT2D eigenvalue weighted by molar-refractivity contribution is 6.30. The van der Waals surface area contributed by atoms with Crippen molar-refractivity contribution in [2.24, 2.45) is 0 Å². The number of rotatable bonds is 3. The van der Waals surface area contributed by atoms with Gasteiger partial charge >= 0.3 is 5.69 Å². The van der Waals surface area contributed by atoms with Crippen molar-refractivity contribution in [3.05, 3.63) is 27.4 Å². The molecule has 0 fully saturated rings. The van der Waals surface area contributed by atoms with Crippen molar-refractivity contribution in [1.29, 1.82) is 0 Å². The average molecular weight is 217 g/mol. The first-order valence-electron chi connectivity index (χ1n) is 3.74. The number of pyridine rings is 1. The maximum atomic E-state index is 10.6. The number of anilines is 1. The van der Waals surface area contributed by atoms with Gasteiger partial charge in [0.1, 0.15) is 0 Å². The molecule has 1 rings (SSSR count). The number of hydrogen-bond acceptors (Lipinski definition) is 5. The molecule has 0 aliphatic heterocycles. The summed E-state index contributed by atoms with van der Waals surface area (Å²) in [6, 6.07) is 1.25. The predicted molar refractivity (Wildman–Crippen MR) is 53.2 cm³/mol. The van der Waals surface area contributed by atoms with Crippen LogP contribution in [-0.4, -0.2) is 29.0 Å². The maximum absolute atomic E-state index is 10.6. The van der Waals surface area contributed by atoms with Gasteiger partial charge < -0.3 is 0 Å². The van der Waals surface area contributed by atoms with Crippen molar-refractivity contribution < 1.29 is 4.92 Å². The van der Waals surface area contributed by atoms with Gasteiger partial charge in [-0.1, -0.05) is 11.6 Å². The van der Waals surface area contributed by atoms with Crippen LogP contribution < -0.4 is 5.43 Å². The molecule has 0 atom stereocenters. The minimum absolute atomic E-state index is 0.147. The molecule has 0 radical (unpaired) electrons. The summed E-state index contributed by atoms with van der Waals surface area (Å²) in [5.74, 6) is 0.171. The zero-order valence-corrected chi connectivity index (χ0v) is 8.45. The first-order chi connectivity index (χ1) is 6.50. The first-order valence-corrected chi connectivity index (χ1v) is 4.12. The highest BCUT2D eigenvalue weighted by Gasteiger charge is 2.15. The van der Waals surface area contributed by atoms with Crippen LogP contribution in [0.2, 0.25) is 5.02 Å². The van der Waals surface area contributed by atoms with E-state index in [1.54, 1.807) is 19.1 Å². The lowest BCUT2D eigenvalue weighted by Gasteiger charge is -2.12. The fourth-order valence-electron chi connectivity index (χ4n) is 0.866. The molecule has 14 heavy (non-hydrogen) atoms. The minimum atomic E-state index is -0.537. The summed E-state index contributed by atoms with van der Waals surface area (Å²) in [5.41, 5.74) is 2.56. The SMILES string of the molecule is CN(C)Nc1ncc(Cl)cc1[N+](=O)[O-]. The van der Waals surface area contributed by atoms with E-state index >= 15 is 0 Å². The number of halogens is 1. The summed E-state index contributed by atoms with van der Waals surface area (Å²) in [6.45, 7) is 0. The fraction of sp³-hybridized carbons (Fsp3) is 0.286. The Morgan fingerprint density at radius 3 is 2.79 bits per heavy atom. The van der Waals surface area contributed by atoms with Gasteiger partial charge in [0.15, 0.2) is 0 Å². The highest BCUT2D eigenvalue weighted by atomic mass is 35.5. The average Bonchev–Trinajstić information content (AvgIpc) is 2.07. The second-order valence-corrected chi connectivity index (χ2v) is 3.22. The van der Waals surface area contributed by atoms with Gasteiger partial charge in [0, 0.05) is 26.4 Å². The van der Waals surface area contributed by atoms with Crippen molar-refractivity contribution in [1.82, 2.24) is 9.99 Å². The lowest BCUT2D eigenvalue weighted by molar-refractivity contribution is -0.384. The van der Waals surface area contributed by atoms with Crippen LogP contribution in [0.25, 0.3) is 0 Å². The Balaban J connectivity index is 3.08. The molecule has 1 aromatic rings. The van der Waals surface area contributed by atoms with E-state index in [1.807, 2.05) is 0 Å². The van der Waals surface area contributed by atoms with Gasteiger partial charge in [0.2, 0.25) is 5.82 Å². The van der Waals surface area contributed by atoms with Gasteiger partial charge in [-0.15, -0.1) is 0 Å². The van der Waals surface area contributed by atoms with Crippen molar-refractivity contribution >= 4 is 23.1 Å². The number of hydrogen-bond donors (Lipinski definition) is 1. The van der Waals surface area contributed by atoms with E-state index in [0.29, 0.717) is 0 Å². The molecular formula is C7H9ClN4O2. The Bertz CT molecular complexity index is 356. The summed E-state index contributed by atoms with van der Waals surface area (Å²) in [7, 11) is 3.42. The molecule has 76 valence electrons. The number of aromatic nitrogens is 1. The Morgan fingerprint density at radius 2 is 2.29 bits per heavy atom. The molecule has 0 aromatic carbocycles. The first kappa shape index (κ1) is 10.7. The molecule has 6 nitrogen and oxygen atoms in total. The van der Waals surface area contributed by atoms with Crippen molar-refractivity contribution in [2.75, 3.05) is 19.5 Å². The number of nitro groups is 1. The molecular weight excluding hydrogens is 208 g/mol. The van der Waals surface area contributed by atoms with E-state index in [4.69, 9.17) is 11.6 Å². The number of hydrazine groups is 1. The van der Waals surface area contributed by atoms with Crippen LogP contribution in [-0.2, 0) is 0 Å². The number of nitrogens with one attached hydrogen (secondary N) is 1. The lowest BCUT2D eigenvalue weighted by atomic mass is 10.4. The van der Waals surface area contributed by atoms with Gasteiger partial charge in [-0.05, 0) is 0 Å². The Hall–Kier alpha value is -1.40. The Kier molecular flexibility index (Phi) is 3.21. The van der Waals surface area contributed by atoms with Gasteiger partial charge in [-0.25, -0.2) is 9.99 Å². The third kappa shape index (κ3) is 2.54. The summed E-state index contributed by atoms with van der Waals surface area (Å²) in [6.07, 6.45) is 1.35. The fourth-order valence-corrected chi connectivity index (χ4v) is 1.02. The molecule has 0 saturated heterocycles. The third-order valence-corrected chi connectivity index (χ3v) is 1.57. The van der Waals surface area contributed by atoms with E-state index in [1.165, 1.54) is 12.3 Å². The van der Waals surface area contributed by atoms with E-state index in [0.717, 1.165) is 0 Å². The van der Waals surface area contributed by atoms with Gasteiger partial charge in [0.05, 0.1) is 9.95 Å². The van der Waals surface area contributed by atoms with E-state index in [-0.39, 0.29) is 16.5 Å². The Labute approximate surface area is 85.6 Å². The topological polar surface area (TPSA) is 71.3 Å². The van der Waals surface area contributed by atoms with Gasteiger partial charge in [0.25, 0.3) is 0 Å². The second-order valence-electron chi connectivity index (χ2n) is 2.78. The van der Waals surface area contributed by atoms with E-state index in [9.17, 15) is 10.1 Å². The summed E-state index contributed by atoms with van der Waals surface area (Å²) in [4.78, 5) is 13.9. The molecule has 0 saturated carbocycles. The molecule has 0 bridgehead atoms. The van der Waals surface area contributed by atoms with E-state index < -0.39 is 4.92 Å². The maximum Gasteiger partial charge on any atom is 0.314 e. The summed E-state index contributed by atoms with van der Waals surface area (Å²) >= 11 is 5.59. The molecule has 1 aromatic heterocycles. The molecule has 0 aliphatic rings. The minimum Gasteiger partial charge on any atom is -0.298 e. The molecule has 0 unspecified atom stereocenters. The lowest BCUT2D eigenvalue weighted by Crippen LogP contribution is -2.21. The normalized spacial score (nSPS) is 10.3. The third-order valence-electron chi connectivity index (χ3n) is 1.36. The standard InChI is InChI=1S/C7H9ClN4O2/c1-11(2)10-7-6(12(13)14)3-5(8)4-9-7/h3-4H,1-2H3,(H,9,10). The molecule has 0 aliphatic carbocycles. The van der Waals surface area contributed by atoms with Crippen LogP contribution in [0.1, 0.15) is 0 Å². The van der Waals surface area contributed by atoms with Gasteiger partial charge in [-0.3, -0.25) is 15.5 Å². The zero-order valence-electron chi connectivity index (χ0n) is 7.69. The van der Waals surface area contributed by atoms with Crippen molar-refractivity contribution in [2.45, 2.75) is 0 Å². The summed E-state index contributed by atoms with van der Waals surface area (Å²) < 4.78 is 0. The molecule has 1 N–H and O–H groups in total. The molecule has 1 heterocycles. The summed E-state index contributed by atoms with van der Waals surface area (Å²) in [5, 5.41) is 12.4. The van der Waals surface area contributed by atoms with Crippen molar-refractivity contribution in [3.8, 4) is 0 Å². The van der Waals surface area contributed by atoms with Crippen LogP contribution >= 0.6 is 11.6 Å². The molecule has 7 heteroatoms. The van der Waals surface area contributed by atoms with E-state index in [2.05, 4.69) is 10.4 Å². The van der Waals surface area contributed by atoms with Gasteiger partial charge in [-0.2, -0.15) is 0 Å². The van der Waals surface area contributed by atoms with Crippen LogP contribution in [0.15, 0.2) is 12.3 Å². The van der Waals surface area contributed by atoms with Crippen LogP contribution in [0.5, 0.6) is 0 Å². The Morgan fingerprint density at radius 1 is 1.64 bits per heavy atom. The van der Waals surface area contributed by atoms with Crippen molar-refractivity contribution in [3.63, 3.8) is 0 Å². The number of nitrogens with zero attached hydrogens (tertiary/aromatic N) is 3. The largest absolute Gasteiger partial charge is 0.314 e. The highest BCUT2D eigenvalue weighted by Crippen LogP contribution is 2.24. The van der Waals surface area contributed by atoms with Crippen LogP contribution in [0.4, 0.5) is 11.5 Å². The molecule has 0 spiro atoms. The van der Waals surface area contributed by atoms with Crippen LogP contribution in [0, 0.1) is 10.1 Å². The zero-order chi connectivity index (χ0) is 10.7. The quantitative estimate of drug-likeness (QED) is 0.613. The predicted octanol–water partition coefficient (Wildman–Crippen LogP) is 1.53. The monoisotopic (exact) mass is 216 g/mol. The van der Waals surface area contributed by atoms with Crippen LogP contribution in [0.3, 0.4) is 0 Å². The second kappa shape index (κ2) is 4.21. The smallest absolute Gasteiger partial charge is 0.298 e.